The van der Waals surface area contributed by atoms with E-state index < -0.39 is 10.0 Å². The number of sulfonamides is 1. The maximum Gasteiger partial charge on any atom is 0.241 e. The summed E-state index contributed by atoms with van der Waals surface area (Å²) >= 11 is 4.79. The van der Waals surface area contributed by atoms with Gasteiger partial charge in [0.25, 0.3) is 0 Å². The van der Waals surface area contributed by atoms with E-state index in [0.717, 1.165) is 34.3 Å². The smallest absolute Gasteiger partial charge is 0.241 e. The SMILES string of the molecule is CCC1(CC)CC(NS(=O)(=O)c2cc(Br)sc2C)CCO1. The van der Waals surface area contributed by atoms with Crippen LogP contribution in [-0.2, 0) is 14.8 Å². The highest BCUT2D eigenvalue weighted by atomic mass is 79.9. The highest BCUT2D eigenvalue weighted by Gasteiger charge is 2.36. The Hall–Kier alpha value is 0.0500. The Labute approximate surface area is 139 Å². The predicted molar refractivity (Wildman–Crippen MR) is 89.4 cm³/mol. The Morgan fingerprint density at radius 2 is 2.14 bits per heavy atom. The van der Waals surface area contributed by atoms with Crippen molar-refractivity contribution in [1.29, 1.82) is 0 Å². The Morgan fingerprint density at radius 3 is 2.67 bits per heavy atom. The lowest BCUT2D eigenvalue weighted by molar-refractivity contribution is -0.0905. The second-order valence-corrected chi connectivity index (χ2v) is 9.84. The van der Waals surface area contributed by atoms with Crippen LogP contribution in [0, 0.1) is 6.92 Å². The first kappa shape index (κ1) is 17.4. The fourth-order valence-corrected chi connectivity index (χ4v) is 6.54. The summed E-state index contributed by atoms with van der Waals surface area (Å²) in [5.74, 6) is 0. The summed E-state index contributed by atoms with van der Waals surface area (Å²) < 4.78 is 34.7. The lowest BCUT2D eigenvalue weighted by Gasteiger charge is -2.40. The van der Waals surface area contributed by atoms with Gasteiger partial charge in [-0.2, -0.15) is 0 Å². The van der Waals surface area contributed by atoms with Crippen LogP contribution < -0.4 is 4.72 Å². The fourth-order valence-electron chi connectivity index (χ4n) is 2.85. The van der Waals surface area contributed by atoms with Crippen LogP contribution in [0.25, 0.3) is 0 Å². The topological polar surface area (TPSA) is 55.4 Å². The zero-order valence-electron chi connectivity index (χ0n) is 12.6. The average molecular weight is 396 g/mol. The van der Waals surface area contributed by atoms with Gasteiger partial charge in [-0.15, -0.1) is 11.3 Å². The van der Waals surface area contributed by atoms with Crippen molar-refractivity contribution in [3.63, 3.8) is 0 Å². The molecule has 0 radical (unpaired) electrons. The molecule has 1 atom stereocenters. The van der Waals surface area contributed by atoms with Crippen molar-refractivity contribution >= 4 is 37.3 Å². The van der Waals surface area contributed by atoms with Crippen LogP contribution in [0.2, 0.25) is 0 Å². The van der Waals surface area contributed by atoms with Crippen molar-refractivity contribution in [2.75, 3.05) is 6.61 Å². The lowest BCUT2D eigenvalue weighted by atomic mass is 9.86. The summed E-state index contributed by atoms with van der Waals surface area (Å²) in [5.41, 5.74) is -0.185. The van der Waals surface area contributed by atoms with Gasteiger partial charge in [-0.1, -0.05) is 13.8 Å². The molecule has 1 saturated heterocycles. The third kappa shape index (κ3) is 3.88. The molecule has 1 fully saturated rings. The van der Waals surface area contributed by atoms with E-state index in [4.69, 9.17) is 4.74 Å². The van der Waals surface area contributed by atoms with Gasteiger partial charge in [0.15, 0.2) is 0 Å². The van der Waals surface area contributed by atoms with Crippen LogP contribution >= 0.6 is 27.3 Å². The highest BCUT2D eigenvalue weighted by Crippen LogP contribution is 2.33. The van der Waals surface area contributed by atoms with Gasteiger partial charge in [-0.3, -0.25) is 0 Å². The maximum absolute atomic E-state index is 12.6. The van der Waals surface area contributed by atoms with E-state index in [1.165, 1.54) is 11.3 Å². The first-order valence-corrected chi connectivity index (χ1v) is 10.3. The molecule has 1 aliphatic heterocycles. The van der Waals surface area contributed by atoms with E-state index in [1.807, 2.05) is 6.92 Å². The third-order valence-corrected chi connectivity index (χ3v) is 7.56. The first-order chi connectivity index (χ1) is 9.82. The maximum atomic E-state index is 12.6. The molecular formula is C14H22BrNO3S2. The van der Waals surface area contributed by atoms with Crippen LogP contribution in [0.5, 0.6) is 0 Å². The van der Waals surface area contributed by atoms with Crippen molar-refractivity contribution in [1.82, 2.24) is 4.72 Å². The van der Waals surface area contributed by atoms with Crippen LogP contribution in [0.4, 0.5) is 0 Å². The molecule has 21 heavy (non-hydrogen) atoms. The zero-order chi connectivity index (χ0) is 15.7. The third-order valence-electron chi connectivity index (χ3n) is 4.24. The molecule has 7 heteroatoms. The van der Waals surface area contributed by atoms with Crippen LogP contribution in [-0.4, -0.2) is 26.7 Å². The Bertz CT molecular complexity index is 593. The number of thiophene rings is 1. The molecule has 1 aliphatic rings. The van der Waals surface area contributed by atoms with Crippen LogP contribution in [0.3, 0.4) is 0 Å². The molecule has 1 aromatic heterocycles. The van der Waals surface area contributed by atoms with Gasteiger partial charge in [0.1, 0.15) is 0 Å². The van der Waals surface area contributed by atoms with Crippen molar-refractivity contribution in [3.05, 3.63) is 14.7 Å². The Kier molecular flexibility index (Phi) is 5.52. The van der Waals surface area contributed by atoms with Crippen LogP contribution in [0.1, 0.15) is 44.4 Å². The fraction of sp³-hybridized carbons (Fsp3) is 0.714. The number of nitrogens with one attached hydrogen (secondary N) is 1. The van der Waals surface area contributed by atoms with Crippen molar-refractivity contribution in [2.45, 2.75) is 63.0 Å². The minimum absolute atomic E-state index is 0.0540. The Balaban J connectivity index is 2.15. The summed E-state index contributed by atoms with van der Waals surface area (Å²) in [4.78, 5) is 1.18. The average Bonchev–Trinajstić information content (AvgIpc) is 2.78. The number of hydrogen-bond acceptors (Lipinski definition) is 4. The molecule has 0 amide bonds. The molecule has 0 aromatic carbocycles. The van der Waals surface area contributed by atoms with E-state index in [0.29, 0.717) is 11.5 Å². The second-order valence-electron chi connectivity index (χ2n) is 5.52. The minimum Gasteiger partial charge on any atom is -0.375 e. The van der Waals surface area contributed by atoms with Gasteiger partial charge < -0.3 is 4.74 Å². The first-order valence-electron chi connectivity index (χ1n) is 7.24. The molecular weight excluding hydrogens is 374 g/mol. The van der Waals surface area contributed by atoms with Crippen molar-refractivity contribution in [3.8, 4) is 0 Å². The molecule has 1 aromatic rings. The van der Waals surface area contributed by atoms with Gasteiger partial charge in [-0.25, -0.2) is 13.1 Å². The summed E-state index contributed by atoms with van der Waals surface area (Å²) in [5, 5.41) is 0. The zero-order valence-corrected chi connectivity index (χ0v) is 15.8. The van der Waals surface area contributed by atoms with E-state index in [2.05, 4.69) is 34.5 Å². The number of halogens is 1. The number of ether oxygens (including phenoxy) is 1. The lowest BCUT2D eigenvalue weighted by Crippen LogP contribution is -2.48. The Morgan fingerprint density at radius 1 is 1.48 bits per heavy atom. The molecule has 0 aliphatic carbocycles. The standard InChI is InChI=1S/C14H22BrNO3S2/c1-4-14(5-2)9-11(6-7-19-14)16-21(17,18)12-8-13(15)20-10(12)3/h8,11,16H,4-7,9H2,1-3H3. The van der Waals surface area contributed by atoms with E-state index >= 15 is 0 Å². The molecule has 4 nitrogen and oxygen atoms in total. The summed E-state index contributed by atoms with van der Waals surface area (Å²) in [6, 6.07) is 1.62. The van der Waals surface area contributed by atoms with Gasteiger partial charge in [0.2, 0.25) is 10.0 Å². The summed E-state index contributed by atoms with van der Waals surface area (Å²) in [7, 11) is -3.46. The number of aryl methyl sites for hydroxylation is 1. The minimum atomic E-state index is -3.46. The number of rotatable bonds is 5. The van der Waals surface area contributed by atoms with E-state index in [9.17, 15) is 8.42 Å². The second kappa shape index (κ2) is 6.66. The molecule has 0 spiro atoms. The van der Waals surface area contributed by atoms with Gasteiger partial charge in [-0.05, 0) is 54.6 Å². The van der Waals surface area contributed by atoms with E-state index in [1.54, 1.807) is 6.07 Å². The largest absolute Gasteiger partial charge is 0.375 e. The molecule has 2 rings (SSSR count). The van der Waals surface area contributed by atoms with Gasteiger partial charge in [0, 0.05) is 17.5 Å². The van der Waals surface area contributed by atoms with Crippen molar-refractivity contribution < 1.29 is 13.2 Å². The summed E-state index contributed by atoms with van der Waals surface area (Å²) in [6.45, 7) is 6.64. The molecule has 0 saturated carbocycles. The highest BCUT2D eigenvalue weighted by molar-refractivity contribution is 9.11. The number of hydrogen-bond donors (Lipinski definition) is 1. The predicted octanol–water partition coefficient (Wildman–Crippen LogP) is 3.84. The molecule has 120 valence electrons. The molecule has 1 unspecified atom stereocenters. The normalized spacial score (nSPS) is 22.4. The van der Waals surface area contributed by atoms with Crippen molar-refractivity contribution in [2.24, 2.45) is 0 Å². The molecule has 1 N–H and O–H groups in total. The molecule has 2 heterocycles. The van der Waals surface area contributed by atoms with Gasteiger partial charge >= 0.3 is 0 Å². The van der Waals surface area contributed by atoms with Crippen LogP contribution in [0.15, 0.2) is 14.7 Å². The quantitative estimate of drug-likeness (QED) is 0.823. The van der Waals surface area contributed by atoms with E-state index in [-0.39, 0.29) is 11.6 Å². The monoisotopic (exact) mass is 395 g/mol. The van der Waals surface area contributed by atoms with Gasteiger partial charge in [0.05, 0.1) is 14.3 Å². The molecule has 0 bridgehead atoms. The summed E-state index contributed by atoms with van der Waals surface area (Å²) in [6.07, 6.45) is 3.28.